The van der Waals surface area contributed by atoms with Gasteiger partial charge in [0, 0.05) is 6.04 Å². The first kappa shape index (κ1) is 10.3. The lowest BCUT2D eigenvalue weighted by atomic mass is 9.95. The van der Waals surface area contributed by atoms with Gasteiger partial charge in [0.1, 0.15) is 0 Å². The van der Waals surface area contributed by atoms with Crippen molar-refractivity contribution >= 4 is 0 Å². The molecule has 0 aromatic heterocycles. The summed E-state index contributed by atoms with van der Waals surface area (Å²) in [5.41, 5.74) is 4.25. The minimum absolute atomic E-state index is 0.501. The van der Waals surface area contributed by atoms with Crippen LogP contribution in [0.25, 0.3) is 0 Å². The number of hydrogen-bond acceptors (Lipinski definition) is 1. The Kier molecular flexibility index (Phi) is 3.49. The van der Waals surface area contributed by atoms with Crippen molar-refractivity contribution in [1.82, 2.24) is 5.32 Å². The molecule has 0 spiro atoms. The third-order valence-electron chi connectivity index (χ3n) is 2.65. The minimum Gasteiger partial charge on any atom is -0.313 e. The van der Waals surface area contributed by atoms with E-state index < -0.39 is 0 Å². The Morgan fingerprint density at radius 1 is 1.23 bits per heavy atom. The van der Waals surface area contributed by atoms with E-state index in [0.717, 1.165) is 6.42 Å². The molecule has 72 valence electrons. The molecule has 0 aliphatic heterocycles. The molecule has 1 N–H and O–H groups in total. The van der Waals surface area contributed by atoms with Crippen LogP contribution in [0, 0.1) is 13.8 Å². The zero-order valence-corrected chi connectivity index (χ0v) is 9.02. The largest absolute Gasteiger partial charge is 0.313 e. The predicted molar refractivity (Wildman–Crippen MR) is 58.0 cm³/mol. The van der Waals surface area contributed by atoms with Gasteiger partial charge >= 0.3 is 0 Å². The van der Waals surface area contributed by atoms with Crippen LogP contribution in [-0.4, -0.2) is 7.05 Å². The van der Waals surface area contributed by atoms with Gasteiger partial charge in [-0.25, -0.2) is 0 Å². The van der Waals surface area contributed by atoms with Gasteiger partial charge in [-0.2, -0.15) is 0 Å². The van der Waals surface area contributed by atoms with Gasteiger partial charge < -0.3 is 5.32 Å². The van der Waals surface area contributed by atoms with Crippen molar-refractivity contribution in [2.75, 3.05) is 7.05 Å². The van der Waals surface area contributed by atoms with Crippen molar-refractivity contribution in [3.8, 4) is 0 Å². The fraction of sp³-hybridized carbons (Fsp3) is 0.500. The molecule has 13 heavy (non-hydrogen) atoms. The van der Waals surface area contributed by atoms with Crippen LogP contribution in [-0.2, 0) is 0 Å². The van der Waals surface area contributed by atoms with Crippen molar-refractivity contribution in [3.63, 3.8) is 0 Å². The highest BCUT2D eigenvalue weighted by Gasteiger charge is 2.10. The normalized spacial score (nSPS) is 12.9. The highest BCUT2D eigenvalue weighted by molar-refractivity contribution is 5.36. The third-order valence-corrected chi connectivity index (χ3v) is 2.65. The van der Waals surface area contributed by atoms with E-state index in [1.807, 2.05) is 7.05 Å². The average Bonchev–Trinajstić information content (AvgIpc) is 2.11. The molecule has 0 heterocycles. The maximum Gasteiger partial charge on any atom is 0.0320 e. The number of benzene rings is 1. The molecule has 0 radical (unpaired) electrons. The second kappa shape index (κ2) is 4.43. The van der Waals surface area contributed by atoms with E-state index in [1.165, 1.54) is 16.7 Å². The molecule has 1 aromatic rings. The number of rotatable bonds is 3. The minimum atomic E-state index is 0.501. The first-order valence-corrected chi connectivity index (χ1v) is 4.94. The summed E-state index contributed by atoms with van der Waals surface area (Å²) in [7, 11) is 2.03. The molecule has 0 aliphatic carbocycles. The maximum absolute atomic E-state index is 3.35. The Morgan fingerprint density at radius 2 is 1.77 bits per heavy atom. The second-order valence-corrected chi connectivity index (χ2v) is 3.55. The van der Waals surface area contributed by atoms with E-state index in [0.29, 0.717) is 6.04 Å². The van der Waals surface area contributed by atoms with Crippen molar-refractivity contribution in [1.29, 1.82) is 0 Å². The van der Waals surface area contributed by atoms with E-state index in [4.69, 9.17) is 0 Å². The standard InChI is InChI=1S/C12H19N/c1-5-11(13-4)12-9(2)7-6-8-10(12)3/h6-8,11,13H,5H2,1-4H3. The molecule has 1 nitrogen and oxygen atoms in total. The highest BCUT2D eigenvalue weighted by Crippen LogP contribution is 2.23. The lowest BCUT2D eigenvalue weighted by Crippen LogP contribution is -2.17. The summed E-state index contributed by atoms with van der Waals surface area (Å²) in [6.07, 6.45) is 1.14. The molecule has 1 rings (SSSR count). The summed E-state index contributed by atoms with van der Waals surface area (Å²) < 4.78 is 0. The number of hydrogen-bond donors (Lipinski definition) is 1. The second-order valence-electron chi connectivity index (χ2n) is 3.55. The van der Waals surface area contributed by atoms with E-state index in [2.05, 4.69) is 44.3 Å². The van der Waals surface area contributed by atoms with Crippen LogP contribution in [0.2, 0.25) is 0 Å². The van der Waals surface area contributed by atoms with Gasteiger partial charge in [-0.05, 0) is 44.0 Å². The van der Waals surface area contributed by atoms with Crippen LogP contribution in [0.4, 0.5) is 0 Å². The molecule has 0 saturated heterocycles. The van der Waals surface area contributed by atoms with Gasteiger partial charge in [0.05, 0.1) is 0 Å². The van der Waals surface area contributed by atoms with Crippen LogP contribution >= 0.6 is 0 Å². The van der Waals surface area contributed by atoms with Crippen LogP contribution in [0.15, 0.2) is 18.2 Å². The van der Waals surface area contributed by atoms with Gasteiger partial charge in [-0.1, -0.05) is 25.1 Å². The molecular formula is C12H19N. The fourth-order valence-electron chi connectivity index (χ4n) is 1.93. The third kappa shape index (κ3) is 2.10. The highest BCUT2D eigenvalue weighted by atomic mass is 14.9. The van der Waals surface area contributed by atoms with Crippen molar-refractivity contribution < 1.29 is 0 Å². The van der Waals surface area contributed by atoms with Crippen molar-refractivity contribution in [2.45, 2.75) is 33.2 Å². The van der Waals surface area contributed by atoms with Gasteiger partial charge in [-0.3, -0.25) is 0 Å². The van der Waals surface area contributed by atoms with Gasteiger partial charge in [0.25, 0.3) is 0 Å². The summed E-state index contributed by atoms with van der Waals surface area (Å²) in [5, 5.41) is 3.35. The molecule has 1 aromatic carbocycles. The molecule has 0 aliphatic rings. The quantitative estimate of drug-likeness (QED) is 0.748. The summed E-state index contributed by atoms with van der Waals surface area (Å²) in [6, 6.07) is 6.99. The predicted octanol–water partition coefficient (Wildman–Crippen LogP) is 2.97. The molecule has 0 saturated carbocycles. The molecule has 0 fully saturated rings. The van der Waals surface area contributed by atoms with Gasteiger partial charge in [0.15, 0.2) is 0 Å². The Bertz CT molecular complexity index is 254. The summed E-state index contributed by atoms with van der Waals surface area (Å²) in [5.74, 6) is 0. The summed E-state index contributed by atoms with van der Waals surface area (Å²) in [6.45, 7) is 6.58. The molecule has 0 bridgehead atoms. The Labute approximate surface area is 81.2 Å². The molecule has 1 heteroatoms. The van der Waals surface area contributed by atoms with E-state index in [1.54, 1.807) is 0 Å². The molecule has 1 unspecified atom stereocenters. The lowest BCUT2D eigenvalue weighted by molar-refractivity contribution is 0.571. The first-order valence-electron chi connectivity index (χ1n) is 4.94. The van der Waals surface area contributed by atoms with Crippen LogP contribution in [0.3, 0.4) is 0 Å². The maximum atomic E-state index is 3.35. The van der Waals surface area contributed by atoms with Gasteiger partial charge in [0.2, 0.25) is 0 Å². The van der Waals surface area contributed by atoms with Crippen LogP contribution in [0.5, 0.6) is 0 Å². The number of nitrogens with one attached hydrogen (secondary N) is 1. The van der Waals surface area contributed by atoms with E-state index >= 15 is 0 Å². The first-order chi connectivity index (χ1) is 6.20. The van der Waals surface area contributed by atoms with Crippen molar-refractivity contribution in [3.05, 3.63) is 34.9 Å². The molecule has 0 amide bonds. The monoisotopic (exact) mass is 177 g/mol. The van der Waals surface area contributed by atoms with Crippen molar-refractivity contribution in [2.24, 2.45) is 0 Å². The Balaban J connectivity index is 3.10. The van der Waals surface area contributed by atoms with E-state index in [-0.39, 0.29) is 0 Å². The molecule has 1 atom stereocenters. The Hall–Kier alpha value is -0.820. The zero-order chi connectivity index (χ0) is 9.84. The fourth-order valence-corrected chi connectivity index (χ4v) is 1.93. The SMILES string of the molecule is CCC(NC)c1c(C)cccc1C. The topological polar surface area (TPSA) is 12.0 Å². The summed E-state index contributed by atoms with van der Waals surface area (Å²) >= 11 is 0. The van der Waals surface area contributed by atoms with Crippen LogP contribution in [0.1, 0.15) is 36.1 Å². The lowest BCUT2D eigenvalue weighted by Gasteiger charge is -2.19. The summed E-state index contributed by atoms with van der Waals surface area (Å²) in [4.78, 5) is 0. The zero-order valence-electron chi connectivity index (χ0n) is 9.02. The smallest absolute Gasteiger partial charge is 0.0320 e. The van der Waals surface area contributed by atoms with E-state index in [9.17, 15) is 0 Å². The average molecular weight is 177 g/mol. The number of aryl methyl sites for hydroxylation is 2. The van der Waals surface area contributed by atoms with Gasteiger partial charge in [-0.15, -0.1) is 0 Å². The molecular weight excluding hydrogens is 158 g/mol. The van der Waals surface area contributed by atoms with Crippen LogP contribution < -0.4 is 5.32 Å². The Morgan fingerprint density at radius 3 is 2.15 bits per heavy atom.